The Labute approximate surface area is 193 Å². The van der Waals surface area contributed by atoms with Crippen LogP contribution in [0.2, 0.25) is 0 Å². The van der Waals surface area contributed by atoms with Crippen LogP contribution in [-0.4, -0.2) is 22.2 Å². The molecule has 5 nitrogen and oxygen atoms in total. The van der Waals surface area contributed by atoms with E-state index in [4.69, 9.17) is 15.6 Å². The number of rotatable bonds is 5. The molecule has 0 radical (unpaired) electrons. The number of carboxylic acid groups (broad SMARTS) is 1. The zero-order valence-electron chi connectivity index (χ0n) is 11.9. The lowest BCUT2D eigenvalue weighted by Crippen LogP contribution is -2.32. The number of hydrogen-bond acceptors (Lipinski definition) is 4. The summed E-state index contributed by atoms with van der Waals surface area (Å²) < 4.78 is 9.14. The van der Waals surface area contributed by atoms with Gasteiger partial charge in [0.2, 0.25) is 0 Å². The van der Waals surface area contributed by atoms with Gasteiger partial charge in [-0.2, -0.15) is 0 Å². The Balaban J connectivity index is 2.30. The van der Waals surface area contributed by atoms with E-state index in [1.165, 1.54) is 0 Å². The standard InChI is InChI=1S/C15H11I4NO4/c16-8-4-7(5-9(17)13(8)21)24-14-10(18)1-6(2-11(14)19)3-12(20)15(22)23/h1-2,4-5,12,21H,3,20H2,(H,22,23)/t12-/m0/s1/i16-2,17-2,18-2,19-2. The van der Waals surface area contributed by atoms with E-state index < -0.39 is 12.0 Å². The number of phenolic OH excluding ortho intramolecular Hbond substituents is 1. The van der Waals surface area contributed by atoms with Crippen LogP contribution in [0.4, 0.5) is 0 Å². The molecule has 0 saturated heterocycles. The van der Waals surface area contributed by atoms with Gasteiger partial charge in [-0.15, -0.1) is 0 Å². The number of aromatic hydroxyl groups is 1. The van der Waals surface area contributed by atoms with E-state index in [2.05, 4.69) is 90.4 Å². The number of benzene rings is 2. The smallest absolute Gasteiger partial charge is 0.320 e. The second-order valence-corrected chi connectivity index (χ2v) is 9.52. The van der Waals surface area contributed by atoms with Crippen LogP contribution in [0, 0.1) is 14.3 Å². The number of hydrogen-bond donors (Lipinski definition) is 3. The van der Waals surface area contributed by atoms with Gasteiger partial charge in [-0.25, -0.2) is 0 Å². The fourth-order valence-electron chi connectivity index (χ4n) is 1.89. The Bertz CT molecular complexity index is 751. The molecule has 128 valence electrons. The molecular weight excluding hydrogens is 758 g/mol. The SMILES string of the molecule is N[C@@H](Cc1cc([125I])c(Oc2cc([125I])c(O)c([125I])c2)c([125I])c1)C(=O)O. The molecule has 0 spiro atoms. The van der Waals surface area contributed by atoms with Crippen molar-refractivity contribution < 1.29 is 19.7 Å². The second-order valence-electron chi connectivity index (χ2n) is 4.88. The summed E-state index contributed by atoms with van der Waals surface area (Å²) >= 11 is 8.42. The first-order valence-electron chi connectivity index (χ1n) is 6.51. The minimum absolute atomic E-state index is 0.242. The highest BCUT2D eigenvalue weighted by atomic mass is 125. The van der Waals surface area contributed by atoms with E-state index in [9.17, 15) is 9.90 Å². The average molecular weight is 769 g/mol. The largest absolute Gasteiger partial charge is 0.506 e. The molecule has 0 aromatic heterocycles. The van der Waals surface area contributed by atoms with E-state index >= 15 is 0 Å². The molecule has 0 unspecified atom stereocenters. The van der Waals surface area contributed by atoms with Crippen molar-refractivity contribution in [1.82, 2.24) is 0 Å². The molecule has 2 rings (SSSR count). The molecule has 24 heavy (non-hydrogen) atoms. The van der Waals surface area contributed by atoms with E-state index in [1.807, 2.05) is 12.1 Å². The zero-order valence-corrected chi connectivity index (χ0v) is 20.5. The number of halogens is 4. The van der Waals surface area contributed by atoms with Crippen LogP contribution in [0.3, 0.4) is 0 Å². The van der Waals surface area contributed by atoms with Gasteiger partial charge in [0.15, 0.2) is 5.75 Å². The lowest BCUT2D eigenvalue weighted by atomic mass is 10.1. The van der Waals surface area contributed by atoms with Crippen LogP contribution in [0.25, 0.3) is 0 Å². The average Bonchev–Trinajstić information content (AvgIpc) is 2.48. The fourth-order valence-corrected chi connectivity index (χ4v) is 5.72. The first-order valence-corrected chi connectivity index (χ1v) is 10.8. The summed E-state index contributed by atoms with van der Waals surface area (Å²) in [6, 6.07) is 6.34. The highest BCUT2D eigenvalue weighted by molar-refractivity contribution is 14.1. The maximum Gasteiger partial charge on any atom is 0.320 e. The third-order valence-electron chi connectivity index (χ3n) is 3.04. The lowest BCUT2D eigenvalue weighted by Gasteiger charge is -2.14. The van der Waals surface area contributed by atoms with Gasteiger partial charge in [0.1, 0.15) is 17.5 Å². The predicted molar refractivity (Wildman–Crippen MR) is 125 cm³/mol. The van der Waals surface area contributed by atoms with Crippen LogP contribution in [-0.2, 0) is 11.2 Å². The van der Waals surface area contributed by atoms with Gasteiger partial charge >= 0.3 is 5.97 Å². The van der Waals surface area contributed by atoms with E-state index in [-0.39, 0.29) is 12.2 Å². The minimum Gasteiger partial charge on any atom is -0.506 e. The van der Waals surface area contributed by atoms with E-state index in [1.54, 1.807) is 12.1 Å². The molecule has 0 aliphatic heterocycles. The first-order chi connectivity index (χ1) is 11.2. The van der Waals surface area contributed by atoms with Gasteiger partial charge in [-0.1, -0.05) is 0 Å². The van der Waals surface area contributed by atoms with Gasteiger partial charge in [0.25, 0.3) is 0 Å². The molecule has 4 N–H and O–H groups in total. The quantitative estimate of drug-likeness (QED) is 0.389. The van der Waals surface area contributed by atoms with Crippen LogP contribution in [0.1, 0.15) is 5.56 Å². The van der Waals surface area contributed by atoms with Crippen LogP contribution in [0.5, 0.6) is 17.2 Å². The van der Waals surface area contributed by atoms with Crippen molar-refractivity contribution >= 4 is 96.3 Å². The molecule has 0 amide bonds. The van der Waals surface area contributed by atoms with Gasteiger partial charge in [-0.3, -0.25) is 4.79 Å². The molecule has 2 aromatic rings. The third-order valence-corrected chi connectivity index (χ3v) is 6.29. The summed E-state index contributed by atoms with van der Waals surface area (Å²) in [5, 5.41) is 18.8. The van der Waals surface area contributed by atoms with Crippen LogP contribution < -0.4 is 10.5 Å². The number of carboxylic acids is 1. The highest BCUT2D eigenvalue weighted by Crippen LogP contribution is 2.36. The second kappa shape index (κ2) is 8.85. The number of nitrogens with two attached hydrogens (primary N) is 1. The Morgan fingerprint density at radius 2 is 1.54 bits per heavy atom. The van der Waals surface area contributed by atoms with Gasteiger partial charge in [-0.05, 0) is 127 Å². The summed E-state index contributed by atoms with van der Waals surface area (Å²) in [6.07, 6.45) is 0.261. The van der Waals surface area contributed by atoms with Crippen molar-refractivity contribution in [2.24, 2.45) is 5.73 Å². The van der Waals surface area contributed by atoms with Crippen molar-refractivity contribution in [3.63, 3.8) is 0 Å². The zero-order chi connectivity index (χ0) is 18.0. The number of aliphatic carboxylic acids is 1. The maximum atomic E-state index is 10.9. The Morgan fingerprint density at radius 3 is 2.00 bits per heavy atom. The Hall–Kier alpha value is 0.390. The van der Waals surface area contributed by atoms with Gasteiger partial charge in [0, 0.05) is 0 Å². The molecule has 0 fully saturated rings. The van der Waals surface area contributed by atoms with Crippen molar-refractivity contribution in [1.29, 1.82) is 0 Å². The Kier molecular flexibility index (Phi) is 7.64. The summed E-state index contributed by atoms with van der Waals surface area (Å²) in [5.74, 6) is 0.549. The predicted octanol–water partition coefficient (Wildman–Crippen LogP) is 4.56. The minimum atomic E-state index is -1.02. The lowest BCUT2D eigenvalue weighted by molar-refractivity contribution is -0.138. The number of ether oxygens (including phenoxy) is 1. The molecule has 9 heteroatoms. The summed E-state index contributed by atoms with van der Waals surface area (Å²) in [6.45, 7) is 0. The molecule has 0 aliphatic rings. The number of phenols is 1. The van der Waals surface area contributed by atoms with Crippen LogP contribution in [0.15, 0.2) is 24.3 Å². The van der Waals surface area contributed by atoms with E-state index in [0.29, 0.717) is 18.6 Å². The molecule has 2 aromatic carbocycles. The van der Waals surface area contributed by atoms with Gasteiger partial charge < -0.3 is 20.7 Å². The summed E-state index contributed by atoms with van der Waals surface area (Å²) in [5.41, 5.74) is 6.44. The monoisotopic (exact) mass is 769 g/mol. The van der Waals surface area contributed by atoms with Crippen molar-refractivity contribution in [3.05, 3.63) is 44.1 Å². The number of carbonyl (C=O) groups is 1. The van der Waals surface area contributed by atoms with Crippen molar-refractivity contribution in [3.8, 4) is 17.2 Å². The van der Waals surface area contributed by atoms with Crippen molar-refractivity contribution in [2.75, 3.05) is 0 Å². The molecule has 0 aliphatic carbocycles. The fraction of sp³-hybridized carbons (Fsp3) is 0.133. The topological polar surface area (TPSA) is 92.8 Å². The highest BCUT2D eigenvalue weighted by Gasteiger charge is 2.16. The van der Waals surface area contributed by atoms with Gasteiger partial charge in [0.05, 0.1) is 14.3 Å². The first kappa shape index (κ1) is 20.7. The molecule has 0 heterocycles. The summed E-state index contributed by atoms with van der Waals surface area (Å²) in [4.78, 5) is 10.9. The van der Waals surface area contributed by atoms with E-state index in [0.717, 1.165) is 12.7 Å². The maximum absolute atomic E-state index is 10.9. The third kappa shape index (κ3) is 5.20. The summed E-state index contributed by atoms with van der Waals surface area (Å²) in [7, 11) is 0. The van der Waals surface area contributed by atoms with Crippen molar-refractivity contribution in [2.45, 2.75) is 12.5 Å². The Morgan fingerprint density at radius 1 is 1.04 bits per heavy atom. The molecule has 0 bridgehead atoms. The molecular formula is C15H11I4NO4. The normalized spacial score (nSPS) is 12.0. The van der Waals surface area contributed by atoms with Crippen LogP contribution >= 0.6 is 90.4 Å². The molecule has 1 atom stereocenters. The molecule has 0 saturated carbocycles.